The van der Waals surface area contributed by atoms with Crippen LogP contribution in [-0.4, -0.2) is 54.5 Å². The van der Waals surface area contributed by atoms with Gasteiger partial charge in [0.05, 0.1) is 18.4 Å². The van der Waals surface area contributed by atoms with Crippen molar-refractivity contribution in [1.29, 1.82) is 0 Å². The van der Waals surface area contributed by atoms with Gasteiger partial charge in [-0.15, -0.1) is 0 Å². The molecule has 0 saturated carbocycles. The van der Waals surface area contributed by atoms with E-state index in [0.717, 1.165) is 31.6 Å². The smallest absolute Gasteiger partial charge is 0.309 e. The molecule has 3 heterocycles. The molecule has 6 nitrogen and oxygen atoms in total. The maximum absolute atomic E-state index is 12.9. The lowest BCUT2D eigenvalue weighted by Crippen LogP contribution is -2.48. The number of amides is 1. The second-order valence-corrected chi connectivity index (χ2v) is 6.84. The van der Waals surface area contributed by atoms with E-state index in [1.54, 1.807) is 12.4 Å². The van der Waals surface area contributed by atoms with Gasteiger partial charge < -0.3 is 14.5 Å². The largest absolute Gasteiger partial charge is 0.466 e. The van der Waals surface area contributed by atoms with E-state index in [4.69, 9.17) is 4.74 Å². The second-order valence-electron chi connectivity index (χ2n) is 6.84. The Kier molecular flexibility index (Phi) is 5.89. The molecule has 6 heteroatoms. The van der Waals surface area contributed by atoms with E-state index in [2.05, 4.69) is 9.88 Å². The molecule has 0 spiro atoms. The minimum atomic E-state index is -0.115. The molecule has 0 aliphatic carbocycles. The third-order valence-electron chi connectivity index (χ3n) is 5.23. The highest BCUT2D eigenvalue weighted by atomic mass is 16.5. The van der Waals surface area contributed by atoms with E-state index >= 15 is 0 Å². The zero-order chi connectivity index (χ0) is 17.6. The summed E-state index contributed by atoms with van der Waals surface area (Å²) in [5.41, 5.74) is 1.13. The van der Waals surface area contributed by atoms with Crippen molar-refractivity contribution in [1.82, 2.24) is 9.88 Å². The first-order valence-electron chi connectivity index (χ1n) is 9.29. The number of carbonyl (C=O) groups is 2. The maximum Gasteiger partial charge on any atom is 0.309 e. The number of anilines is 1. The van der Waals surface area contributed by atoms with E-state index in [1.165, 1.54) is 0 Å². The fourth-order valence-corrected chi connectivity index (χ4v) is 3.82. The van der Waals surface area contributed by atoms with Crippen molar-refractivity contribution in [2.24, 2.45) is 11.8 Å². The van der Waals surface area contributed by atoms with Gasteiger partial charge in [-0.05, 0) is 44.7 Å². The van der Waals surface area contributed by atoms with Crippen LogP contribution in [-0.2, 0) is 14.3 Å². The van der Waals surface area contributed by atoms with E-state index < -0.39 is 0 Å². The van der Waals surface area contributed by atoms with Gasteiger partial charge in [0.25, 0.3) is 0 Å². The average Bonchev–Trinajstić information content (AvgIpc) is 2.68. The van der Waals surface area contributed by atoms with Crippen LogP contribution in [0, 0.1) is 11.8 Å². The summed E-state index contributed by atoms with van der Waals surface area (Å²) < 4.78 is 5.10. The van der Waals surface area contributed by atoms with Crippen molar-refractivity contribution in [3.8, 4) is 0 Å². The van der Waals surface area contributed by atoms with Gasteiger partial charge in [0, 0.05) is 44.3 Å². The highest BCUT2D eigenvalue weighted by Gasteiger charge is 2.33. The zero-order valence-corrected chi connectivity index (χ0v) is 14.9. The fourth-order valence-electron chi connectivity index (χ4n) is 3.82. The number of aromatic nitrogens is 1. The standard InChI is InChI=1S/C19H27N3O3/c1-2-25-19(24)15-7-12-21(13-8-15)18(23)16-4-3-11-22(14-16)17-5-9-20-10-6-17/h5-6,9-10,15-16H,2-4,7-8,11-14H2,1H3. The second kappa shape index (κ2) is 8.32. The quantitative estimate of drug-likeness (QED) is 0.782. The molecule has 2 aliphatic heterocycles. The van der Waals surface area contributed by atoms with Gasteiger partial charge in [0.15, 0.2) is 0 Å². The first-order chi connectivity index (χ1) is 12.2. The summed E-state index contributed by atoms with van der Waals surface area (Å²) in [7, 11) is 0. The molecule has 2 fully saturated rings. The fraction of sp³-hybridized carbons (Fsp3) is 0.632. The number of piperidine rings is 2. The van der Waals surface area contributed by atoms with Crippen LogP contribution >= 0.6 is 0 Å². The van der Waals surface area contributed by atoms with Gasteiger partial charge in [-0.2, -0.15) is 0 Å². The van der Waals surface area contributed by atoms with Crippen molar-refractivity contribution in [2.75, 3.05) is 37.7 Å². The van der Waals surface area contributed by atoms with E-state index in [0.29, 0.717) is 32.5 Å². The normalized spacial score (nSPS) is 21.9. The molecule has 0 aromatic carbocycles. The summed E-state index contributed by atoms with van der Waals surface area (Å²) in [6.07, 6.45) is 6.98. The Labute approximate surface area is 149 Å². The van der Waals surface area contributed by atoms with Crippen LogP contribution in [0.4, 0.5) is 5.69 Å². The van der Waals surface area contributed by atoms with Crippen molar-refractivity contribution in [2.45, 2.75) is 32.6 Å². The first-order valence-corrected chi connectivity index (χ1v) is 9.29. The van der Waals surface area contributed by atoms with Gasteiger partial charge in [-0.25, -0.2) is 0 Å². The van der Waals surface area contributed by atoms with E-state index in [-0.39, 0.29) is 23.7 Å². The van der Waals surface area contributed by atoms with E-state index in [1.807, 2.05) is 24.0 Å². The summed E-state index contributed by atoms with van der Waals surface area (Å²) in [5, 5.41) is 0. The van der Waals surface area contributed by atoms with Gasteiger partial charge in [0.1, 0.15) is 0 Å². The number of likely N-dealkylation sites (tertiary alicyclic amines) is 1. The molecule has 25 heavy (non-hydrogen) atoms. The first kappa shape index (κ1) is 17.7. The van der Waals surface area contributed by atoms with Gasteiger partial charge in [-0.1, -0.05) is 0 Å². The maximum atomic E-state index is 12.9. The van der Waals surface area contributed by atoms with Crippen LogP contribution in [0.25, 0.3) is 0 Å². The lowest BCUT2D eigenvalue weighted by atomic mass is 9.92. The number of rotatable bonds is 4. The minimum absolute atomic E-state index is 0.0426. The Morgan fingerprint density at radius 2 is 1.84 bits per heavy atom. The Balaban J connectivity index is 1.54. The monoisotopic (exact) mass is 345 g/mol. The molecule has 2 saturated heterocycles. The predicted molar refractivity (Wildman–Crippen MR) is 95.1 cm³/mol. The highest BCUT2D eigenvalue weighted by molar-refractivity contribution is 5.80. The number of nitrogens with zero attached hydrogens (tertiary/aromatic N) is 3. The molecule has 0 N–H and O–H groups in total. The molecule has 0 bridgehead atoms. The molecule has 1 aromatic heterocycles. The predicted octanol–water partition coefficient (Wildman–Crippen LogP) is 2.10. The van der Waals surface area contributed by atoms with Crippen LogP contribution in [0.5, 0.6) is 0 Å². The Bertz CT molecular complexity index is 585. The summed E-state index contributed by atoms with van der Waals surface area (Å²) in [6, 6.07) is 4.00. The lowest BCUT2D eigenvalue weighted by Gasteiger charge is -2.38. The Morgan fingerprint density at radius 1 is 1.12 bits per heavy atom. The van der Waals surface area contributed by atoms with Crippen molar-refractivity contribution < 1.29 is 14.3 Å². The number of esters is 1. The highest BCUT2D eigenvalue weighted by Crippen LogP contribution is 2.26. The van der Waals surface area contributed by atoms with Crippen molar-refractivity contribution in [3.05, 3.63) is 24.5 Å². The lowest BCUT2D eigenvalue weighted by molar-refractivity contribution is -0.151. The molecule has 3 rings (SSSR count). The van der Waals surface area contributed by atoms with Crippen LogP contribution in [0.2, 0.25) is 0 Å². The van der Waals surface area contributed by atoms with Crippen LogP contribution < -0.4 is 4.90 Å². The van der Waals surface area contributed by atoms with Crippen molar-refractivity contribution in [3.63, 3.8) is 0 Å². The summed E-state index contributed by atoms with van der Waals surface area (Å²) >= 11 is 0. The van der Waals surface area contributed by atoms with Gasteiger partial charge in [-0.3, -0.25) is 14.6 Å². The SMILES string of the molecule is CCOC(=O)C1CCN(C(=O)C2CCCN(c3ccncc3)C2)CC1. The number of hydrogen-bond donors (Lipinski definition) is 0. The van der Waals surface area contributed by atoms with Gasteiger partial charge >= 0.3 is 5.97 Å². The molecule has 1 amide bonds. The molecular formula is C19H27N3O3. The zero-order valence-electron chi connectivity index (χ0n) is 14.9. The summed E-state index contributed by atoms with van der Waals surface area (Å²) in [6.45, 7) is 5.32. The minimum Gasteiger partial charge on any atom is -0.466 e. The molecular weight excluding hydrogens is 318 g/mol. The number of pyridine rings is 1. The Morgan fingerprint density at radius 3 is 2.52 bits per heavy atom. The molecule has 1 aromatic rings. The van der Waals surface area contributed by atoms with E-state index in [9.17, 15) is 9.59 Å². The molecule has 2 aliphatic rings. The topological polar surface area (TPSA) is 62.7 Å². The molecule has 1 unspecified atom stereocenters. The van der Waals surface area contributed by atoms with Crippen LogP contribution in [0.15, 0.2) is 24.5 Å². The summed E-state index contributed by atoms with van der Waals surface area (Å²) in [5.74, 6) is 0.113. The Hall–Kier alpha value is -2.11. The third-order valence-corrected chi connectivity index (χ3v) is 5.23. The third kappa shape index (κ3) is 4.30. The van der Waals surface area contributed by atoms with Gasteiger partial charge in [0.2, 0.25) is 5.91 Å². The summed E-state index contributed by atoms with van der Waals surface area (Å²) in [4.78, 5) is 33.0. The number of carbonyl (C=O) groups excluding carboxylic acids is 2. The van der Waals surface area contributed by atoms with Crippen LogP contribution in [0.1, 0.15) is 32.6 Å². The van der Waals surface area contributed by atoms with Crippen molar-refractivity contribution >= 4 is 17.6 Å². The molecule has 0 radical (unpaired) electrons. The van der Waals surface area contributed by atoms with Crippen LogP contribution in [0.3, 0.4) is 0 Å². The number of ether oxygens (including phenoxy) is 1. The molecule has 136 valence electrons. The number of hydrogen-bond acceptors (Lipinski definition) is 5. The average molecular weight is 345 g/mol. The molecule has 1 atom stereocenters.